The Balaban J connectivity index is 1.74. The summed E-state index contributed by atoms with van der Waals surface area (Å²) in [5, 5.41) is 0. The number of benzene rings is 1. The highest BCUT2D eigenvalue weighted by atomic mass is 16.5. The van der Waals surface area contributed by atoms with Gasteiger partial charge < -0.3 is 4.74 Å². The predicted octanol–water partition coefficient (Wildman–Crippen LogP) is 5.55. The fourth-order valence-corrected chi connectivity index (χ4v) is 4.36. The third-order valence-electron chi connectivity index (χ3n) is 5.90. The van der Waals surface area contributed by atoms with E-state index in [0.717, 1.165) is 24.0 Å². The molecule has 1 aromatic rings. The highest BCUT2D eigenvalue weighted by Crippen LogP contribution is 2.54. The first-order valence-electron chi connectivity index (χ1n) is 8.46. The number of hydrogen-bond donors (Lipinski definition) is 0. The second-order valence-corrected chi connectivity index (χ2v) is 6.98. The van der Waals surface area contributed by atoms with Crippen LogP contribution in [0.2, 0.25) is 0 Å². The first-order chi connectivity index (χ1) is 9.66. The summed E-state index contributed by atoms with van der Waals surface area (Å²) in [7, 11) is 0. The third-order valence-corrected chi connectivity index (χ3v) is 5.90. The van der Waals surface area contributed by atoms with Crippen molar-refractivity contribution in [3.8, 4) is 5.75 Å². The molecule has 0 N–H and O–H groups in total. The van der Waals surface area contributed by atoms with Gasteiger partial charge in [-0.15, -0.1) is 0 Å². The van der Waals surface area contributed by atoms with E-state index in [4.69, 9.17) is 4.74 Å². The molecule has 4 atom stereocenters. The molecule has 4 unspecified atom stereocenters. The van der Waals surface area contributed by atoms with Gasteiger partial charge >= 0.3 is 0 Å². The van der Waals surface area contributed by atoms with E-state index in [0.29, 0.717) is 5.92 Å². The van der Waals surface area contributed by atoms with Gasteiger partial charge in [0.25, 0.3) is 0 Å². The molecule has 2 aliphatic carbocycles. The average molecular weight is 272 g/mol. The molecule has 2 aliphatic rings. The number of fused-ring (bicyclic) bond motifs is 2. The zero-order chi connectivity index (χ0) is 14.2. The maximum atomic E-state index is 6.51. The van der Waals surface area contributed by atoms with Crippen molar-refractivity contribution in [1.82, 2.24) is 0 Å². The molecule has 0 spiro atoms. The minimum absolute atomic E-state index is 0.140. The van der Waals surface area contributed by atoms with Crippen LogP contribution in [0.4, 0.5) is 0 Å². The largest absolute Gasteiger partial charge is 0.487 e. The average Bonchev–Trinajstić information content (AvgIpc) is 3.08. The second kappa shape index (κ2) is 5.42. The lowest BCUT2D eigenvalue weighted by molar-refractivity contribution is 0.00944. The van der Waals surface area contributed by atoms with Gasteiger partial charge in [0.05, 0.1) is 0 Å². The van der Waals surface area contributed by atoms with E-state index in [-0.39, 0.29) is 5.60 Å². The zero-order valence-electron chi connectivity index (χ0n) is 13.2. The molecule has 0 aliphatic heterocycles. The van der Waals surface area contributed by atoms with E-state index in [9.17, 15) is 0 Å². The molecule has 1 aromatic carbocycles. The van der Waals surface area contributed by atoms with E-state index in [1.54, 1.807) is 0 Å². The fourth-order valence-electron chi connectivity index (χ4n) is 4.36. The van der Waals surface area contributed by atoms with Crippen molar-refractivity contribution in [2.45, 2.75) is 70.8 Å². The first-order valence-corrected chi connectivity index (χ1v) is 8.46. The third kappa shape index (κ3) is 2.36. The van der Waals surface area contributed by atoms with Gasteiger partial charge in [-0.3, -0.25) is 0 Å². The molecule has 2 bridgehead atoms. The smallest absolute Gasteiger partial charge is 0.120 e. The van der Waals surface area contributed by atoms with Crippen LogP contribution in [-0.4, -0.2) is 5.60 Å². The summed E-state index contributed by atoms with van der Waals surface area (Å²) in [4.78, 5) is 0. The Morgan fingerprint density at radius 3 is 2.45 bits per heavy atom. The Kier molecular flexibility index (Phi) is 3.79. The molecule has 0 heterocycles. The summed E-state index contributed by atoms with van der Waals surface area (Å²) in [6, 6.07) is 8.87. The Bertz CT molecular complexity index is 449. The van der Waals surface area contributed by atoms with Crippen molar-refractivity contribution in [2.75, 3.05) is 0 Å². The summed E-state index contributed by atoms with van der Waals surface area (Å²) in [5.74, 6) is 3.45. The van der Waals surface area contributed by atoms with Crippen LogP contribution in [0.3, 0.4) is 0 Å². The standard InChI is InChI=1S/C19H28O/c1-4-14(3)16-7-10-18(11-8-16)20-19(5-2)13-15-6-9-17(19)12-15/h7-8,10-11,14-15,17H,4-6,9,12-13H2,1-3H3. The van der Waals surface area contributed by atoms with Gasteiger partial charge in [0, 0.05) is 0 Å². The Morgan fingerprint density at radius 1 is 1.20 bits per heavy atom. The highest BCUT2D eigenvalue weighted by Gasteiger charge is 2.51. The Hall–Kier alpha value is -0.980. The second-order valence-electron chi connectivity index (χ2n) is 6.98. The summed E-state index contributed by atoms with van der Waals surface area (Å²) in [5.41, 5.74) is 1.57. The minimum Gasteiger partial charge on any atom is -0.487 e. The van der Waals surface area contributed by atoms with E-state index >= 15 is 0 Å². The molecule has 20 heavy (non-hydrogen) atoms. The Morgan fingerprint density at radius 2 is 1.95 bits per heavy atom. The van der Waals surface area contributed by atoms with Crippen LogP contribution in [-0.2, 0) is 0 Å². The molecule has 0 radical (unpaired) electrons. The molecule has 110 valence electrons. The quantitative estimate of drug-likeness (QED) is 0.683. The molecular formula is C19H28O. The molecule has 2 saturated carbocycles. The van der Waals surface area contributed by atoms with E-state index in [2.05, 4.69) is 45.0 Å². The first kappa shape index (κ1) is 14.0. The number of hydrogen-bond acceptors (Lipinski definition) is 1. The minimum atomic E-state index is 0.140. The van der Waals surface area contributed by atoms with Crippen LogP contribution in [0.25, 0.3) is 0 Å². The van der Waals surface area contributed by atoms with E-state index in [1.165, 1.54) is 37.7 Å². The topological polar surface area (TPSA) is 9.23 Å². The van der Waals surface area contributed by atoms with E-state index in [1.807, 2.05) is 0 Å². The van der Waals surface area contributed by atoms with Crippen LogP contribution in [0.1, 0.15) is 70.8 Å². The molecule has 3 rings (SSSR count). The van der Waals surface area contributed by atoms with Crippen LogP contribution in [0.5, 0.6) is 5.75 Å². The van der Waals surface area contributed by atoms with Crippen molar-refractivity contribution < 1.29 is 4.74 Å². The van der Waals surface area contributed by atoms with Gasteiger partial charge in [-0.05, 0) is 74.0 Å². The van der Waals surface area contributed by atoms with Gasteiger partial charge in [-0.1, -0.05) is 32.9 Å². The molecule has 2 fully saturated rings. The van der Waals surface area contributed by atoms with Crippen LogP contribution in [0.15, 0.2) is 24.3 Å². The molecule has 0 aromatic heterocycles. The molecule has 1 heteroatoms. The molecule has 0 saturated heterocycles. The Labute approximate surface area is 123 Å². The van der Waals surface area contributed by atoms with E-state index < -0.39 is 0 Å². The lowest BCUT2D eigenvalue weighted by Crippen LogP contribution is -2.40. The van der Waals surface area contributed by atoms with Crippen LogP contribution in [0, 0.1) is 11.8 Å². The zero-order valence-corrected chi connectivity index (χ0v) is 13.2. The highest BCUT2D eigenvalue weighted by molar-refractivity contribution is 5.30. The van der Waals surface area contributed by atoms with Crippen molar-refractivity contribution >= 4 is 0 Å². The lowest BCUT2D eigenvalue weighted by atomic mass is 9.82. The SMILES string of the molecule is CCC(C)c1ccc(OC2(CC)CC3CCC2C3)cc1. The van der Waals surface area contributed by atoms with Gasteiger partial charge in [0.15, 0.2) is 0 Å². The van der Waals surface area contributed by atoms with Crippen LogP contribution >= 0.6 is 0 Å². The maximum absolute atomic E-state index is 6.51. The molecule has 0 amide bonds. The summed E-state index contributed by atoms with van der Waals surface area (Å²) >= 11 is 0. The van der Waals surface area contributed by atoms with Crippen molar-refractivity contribution in [2.24, 2.45) is 11.8 Å². The normalized spacial score (nSPS) is 33.4. The van der Waals surface area contributed by atoms with Gasteiger partial charge in [0.1, 0.15) is 11.4 Å². The number of rotatable bonds is 5. The van der Waals surface area contributed by atoms with Crippen LogP contribution < -0.4 is 4.74 Å². The van der Waals surface area contributed by atoms with Crippen molar-refractivity contribution in [1.29, 1.82) is 0 Å². The monoisotopic (exact) mass is 272 g/mol. The maximum Gasteiger partial charge on any atom is 0.120 e. The summed E-state index contributed by atoms with van der Waals surface area (Å²) < 4.78 is 6.51. The lowest BCUT2D eigenvalue weighted by Gasteiger charge is -2.37. The molecular weight excluding hydrogens is 244 g/mol. The predicted molar refractivity (Wildman–Crippen MR) is 84.2 cm³/mol. The fraction of sp³-hybridized carbons (Fsp3) is 0.684. The van der Waals surface area contributed by atoms with Crippen molar-refractivity contribution in [3.05, 3.63) is 29.8 Å². The van der Waals surface area contributed by atoms with Crippen molar-refractivity contribution in [3.63, 3.8) is 0 Å². The van der Waals surface area contributed by atoms with Gasteiger partial charge in [0.2, 0.25) is 0 Å². The summed E-state index contributed by atoms with van der Waals surface area (Å²) in [6.45, 7) is 6.84. The number of ether oxygens (including phenoxy) is 1. The molecule has 1 nitrogen and oxygen atoms in total. The van der Waals surface area contributed by atoms with Gasteiger partial charge in [-0.25, -0.2) is 0 Å². The van der Waals surface area contributed by atoms with Gasteiger partial charge in [-0.2, -0.15) is 0 Å². The summed E-state index contributed by atoms with van der Waals surface area (Å²) in [6.07, 6.45) is 7.84.